The molecule has 0 bridgehead atoms. The summed E-state index contributed by atoms with van der Waals surface area (Å²) in [4.78, 5) is 10.8. The van der Waals surface area contributed by atoms with Crippen LogP contribution in [0.1, 0.15) is 25.5 Å². The molecule has 1 rings (SSSR count). The summed E-state index contributed by atoms with van der Waals surface area (Å²) in [6.07, 6.45) is 0. The number of carboxylic acid groups (broad SMARTS) is 1. The van der Waals surface area contributed by atoms with Crippen molar-refractivity contribution in [3.8, 4) is 0 Å². The van der Waals surface area contributed by atoms with Crippen LogP contribution in [-0.4, -0.2) is 11.1 Å². The molecule has 2 nitrogen and oxygen atoms in total. The quantitative estimate of drug-likeness (QED) is 0.649. The maximum absolute atomic E-state index is 10.8. The van der Waals surface area contributed by atoms with E-state index >= 15 is 0 Å². The van der Waals surface area contributed by atoms with Crippen molar-refractivity contribution in [3.05, 3.63) is 35.3 Å². The molecule has 1 aromatic carbocycles. The van der Waals surface area contributed by atoms with Gasteiger partial charge in [0.05, 0.1) is 11.0 Å². The lowest BCUT2D eigenvalue weighted by Gasteiger charge is -1.93. The Hall–Kier alpha value is -1.31. The smallest absolute Gasteiger partial charge is 0.335 e. The predicted octanol–water partition coefficient (Wildman–Crippen LogP) is 1.69. The molecule has 0 aliphatic carbocycles. The number of benzene rings is 1. The summed E-state index contributed by atoms with van der Waals surface area (Å²) >= 11 is 0. The van der Waals surface area contributed by atoms with Gasteiger partial charge in [0.25, 0.3) is 0 Å². The Morgan fingerprint density at radius 3 is 3.20 bits per heavy atom. The first-order chi connectivity index (χ1) is 7.59. The summed E-state index contributed by atoms with van der Waals surface area (Å²) in [5.74, 6) is -1.65. The molecule has 0 unspecified atom stereocenters. The third-order valence-electron chi connectivity index (χ3n) is 0.839. The molecule has 1 N–H and O–H groups in total. The summed E-state index contributed by atoms with van der Waals surface area (Å²) < 4.78 is 50.8. The second kappa shape index (κ2) is 2.52. The lowest BCUT2D eigenvalue weighted by atomic mass is 10.1. The Morgan fingerprint density at radius 2 is 2.60 bits per heavy atom. The molecule has 0 fully saturated rings. The fourth-order valence-corrected chi connectivity index (χ4v) is 0.451. The van der Waals surface area contributed by atoms with Crippen molar-refractivity contribution < 1.29 is 19.5 Å². The van der Waals surface area contributed by atoms with E-state index in [2.05, 4.69) is 0 Å². The van der Waals surface area contributed by atoms with Gasteiger partial charge in [0.15, 0.2) is 0 Å². The zero-order valence-corrected chi connectivity index (χ0v) is 4.86. The van der Waals surface area contributed by atoms with Crippen LogP contribution in [0.4, 0.5) is 0 Å². The topological polar surface area (TPSA) is 37.3 Å². The van der Waals surface area contributed by atoms with E-state index in [0.29, 0.717) is 0 Å². The number of carboxylic acids is 1. The Labute approximate surface area is 69.0 Å². The molecule has 0 atom stereocenters. The highest BCUT2D eigenvalue weighted by Crippen LogP contribution is 2.02. The summed E-state index contributed by atoms with van der Waals surface area (Å²) in [6, 6.07) is -3.32. The molecule has 0 saturated carbocycles. The van der Waals surface area contributed by atoms with Gasteiger partial charge in [0.2, 0.25) is 0 Å². The summed E-state index contributed by atoms with van der Waals surface area (Å²) in [5.41, 5.74) is -1.67. The zero-order chi connectivity index (χ0) is 13.5. The van der Waals surface area contributed by atoms with Crippen molar-refractivity contribution >= 4 is 5.97 Å². The lowest BCUT2D eigenvalue weighted by molar-refractivity contribution is 0.0697. The Kier molecular flexibility index (Phi) is 0.526. The highest BCUT2D eigenvalue weighted by atomic mass is 16.4. The Balaban J connectivity index is 3.81. The lowest BCUT2D eigenvalue weighted by Crippen LogP contribution is -1.95. The SMILES string of the molecule is [2H]c1c([2H])c(C(=O)O)c([2H])c(C([2H])([2H])[2H])c1[2H]. The van der Waals surface area contributed by atoms with Gasteiger partial charge in [-0.1, -0.05) is 17.6 Å². The molecule has 0 aliphatic rings. The van der Waals surface area contributed by atoms with E-state index in [9.17, 15) is 4.79 Å². The van der Waals surface area contributed by atoms with Crippen LogP contribution in [0.2, 0.25) is 0 Å². The van der Waals surface area contributed by atoms with E-state index in [1.165, 1.54) is 0 Å². The second-order valence-electron chi connectivity index (χ2n) is 1.56. The molecule has 0 saturated heterocycles. The number of hydrogen-bond acceptors (Lipinski definition) is 1. The first-order valence-electron chi connectivity index (χ1n) is 5.93. The maximum Gasteiger partial charge on any atom is 0.335 e. The second-order valence-corrected chi connectivity index (χ2v) is 1.56. The molecule has 0 aliphatic heterocycles. The van der Waals surface area contributed by atoms with E-state index < -0.39 is 48.1 Å². The normalized spacial score (nSPS) is 20.6. The highest BCUT2D eigenvalue weighted by molar-refractivity contribution is 5.87. The van der Waals surface area contributed by atoms with Crippen molar-refractivity contribution in [1.29, 1.82) is 0 Å². The predicted molar refractivity (Wildman–Crippen MR) is 38.1 cm³/mol. The van der Waals surface area contributed by atoms with Gasteiger partial charge < -0.3 is 5.11 Å². The van der Waals surface area contributed by atoms with Crippen LogP contribution in [-0.2, 0) is 0 Å². The largest absolute Gasteiger partial charge is 0.478 e. The summed E-state index contributed by atoms with van der Waals surface area (Å²) in [7, 11) is 0. The molecule has 52 valence electrons. The van der Waals surface area contributed by atoms with Crippen LogP contribution in [0.3, 0.4) is 0 Å². The van der Waals surface area contributed by atoms with Crippen molar-refractivity contribution in [2.24, 2.45) is 0 Å². The van der Waals surface area contributed by atoms with E-state index in [1.807, 2.05) is 0 Å². The number of aromatic carboxylic acids is 1. The van der Waals surface area contributed by atoms with Crippen LogP contribution < -0.4 is 0 Å². The van der Waals surface area contributed by atoms with Gasteiger partial charge in [-0.15, -0.1) is 0 Å². The van der Waals surface area contributed by atoms with Gasteiger partial charge in [0, 0.05) is 4.11 Å². The monoisotopic (exact) mass is 143 g/mol. The summed E-state index contributed by atoms with van der Waals surface area (Å²) in [5, 5.41) is 8.78. The van der Waals surface area contributed by atoms with Crippen molar-refractivity contribution in [3.63, 3.8) is 0 Å². The third kappa shape index (κ3) is 1.35. The van der Waals surface area contributed by atoms with Crippen molar-refractivity contribution in [2.45, 2.75) is 6.85 Å². The number of carbonyl (C=O) groups is 1. The van der Waals surface area contributed by atoms with E-state index in [1.54, 1.807) is 0 Å². The molecule has 0 radical (unpaired) electrons. The van der Waals surface area contributed by atoms with Gasteiger partial charge in [-0.2, -0.15) is 0 Å². The Bertz CT molecular complexity index is 492. The van der Waals surface area contributed by atoms with Crippen LogP contribution in [0, 0.1) is 6.85 Å². The number of hydrogen-bond donors (Lipinski definition) is 1. The van der Waals surface area contributed by atoms with E-state index in [4.69, 9.17) is 14.7 Å². The van der Waals surface area contributed by atoms with Crippen molar-refractivity contribution in [1.82, 2.24) is 0 Å². The zero-order valence-electron chi connectivity index (χ0n) is 11.9. The third-order valence-corrected chi connectivity index (χ3v) is 0.839. The fourth-order valence-electron chi connectivity index (χ4n) is 0.451. The molecule has 1 aromatic rings. The first kappa shape index (κ1) is 2.09. The molecule has 10 heavy (non-hydrogen) atoms. The molecular formula is C8H8O2. The van der Waals surface area contributed by atoms with E-state index in [0.717, 1.165) is 0 Å². The summed E-state index contributed by atoms with van der Waals surface area (Å²) in [6.45, 7) is -2.86. The van der Waals surface area contributed by atoms with Crippen LogP contribution >= 0.6 is 0 Å². The standard InChI is InChI=1S/C8H8O2/c1-6-3-2-4-7(5-6)8(9)10/h2-5H,1H3,(H,9,10)/i1D3,2D,3D,4D,5D. The molecule has 2 heteroatoms. The Morgan fingerprint density at radius 1 is 1.80 bits per heavy atom. The molecular weight excluding hydrogens is 128 g/mol. The molecule has 0 heterocycles. The molecule has 0 spiro atoms. The van der Waals surface area contributed by atoms with Gasteiger partial charge >= 0.3 is 5.97 Å². The highest BCUT2D eigenvalue weighted by Gasteiger charge is 1.99. The van der Waals surface area contributed by atoms with Crippen molar-refractivity contribution in [2.75, 3.05) is 0 Å². The van der Waals surface area contributed by atoms with Gasteiger partial charge in [-0.3, -0.25) is 0 Å². The minimum atomic E-state index is -2.86. The minimum absolute atomic E-state index is 0.801. The number of rotatable bonds is 1. The maximum atomic E-state index is 10.8. The van der Waals surface area contributed by atoms with Crippen LogP contribution in [0.5, 0.6) is 0 Å². The average Bonchev–Trinajstić information content (AvgIpc) is 2.11. The minimum Gasteiger partial charge on any atom is -0.478 e. The van der Waals surface area contributed by atoms with Gasteiger partial charge in [-0.05, 0) is 18.9 Å². The molecule has 0 amide bonds. The van der Waals surface area contributed by atoms with Crippen LogP contribution in [0.15, 0.2) is 24.2 Å². The van der Waals surface area contributed by atoms with E-state index in [-0.39, 0.29) is 0 Å². The average molecular weight is 143 g/mol. The van der Waals surface area contributed by atoms with Crippen LogP contribution in [0.25, 0.3) is 0 Å². The fraction of sp³-hybridized carbons (Fsp3) is 0.125. The molecule has 0 aromatic heterocycles. The van der Waals surface area contributed by atoms with Gasteiger partial charge in [-0.25, -0.2) is 4.79 Å². The first-order valence-corrected chi connectivity index (χ1v) is 2.43. The van der Waals surface area contributed by atoms with Gasteiger partial charge in [0.1, 0.15) is 0 Å².